The lowest BCUT2D eigenvalue weighted by atomic mass is 9.95. The van der Waals surface area contributed by atoms with Crippen molar-refractivity contribution in [2.24, 2.45) is 0 Å². The van der Waals surface area contributed by atoms with E-state index in [1.54, 1.807) is 0 Å². The van der Waals surface area contributed by atoms with Gasteiger partial charge in [0.15, 0.2) is 17.9 Å². The van der Waals surface area contributed by atoms with E-state index in [-0.39, 0.29) is 24.4 Å². The minimum atomic E-state index is -0.706. The third-order valence-electron chi connectivity index (χ3n) is 5.64. The van der Waals surface area contributed by atoms with Crippen LogP contribution in [0.1, 0.15) is 39.0 Å². The Balaban J connectivity index is 1.46. The number of hydrogen-bond acceptors (Lipinski definition) is 6. The lowest BCUT2D eigenvalue weighted by Crippen LogP contribution is -2.55. The number of para-hydroxylation sites is 1. The molecule has 1 aromatic carbocycles. The molecule has 1 aromatic heterocycles. The van der Waals surface area contributed by atoms with E-state index in [1.807, 2.05) is 45.9 Å². The smallest absolute Gasteiger partial charge is 0.190 e. The van der Waals surface area contributed by atoms with Crippen LogP contribution in [0.4, 0.5) is 0 Å². The molecule has 3 saturated heterocycles. The van der Waals surface area contributed by atoms with Gasteiger partial charge in [0.25, 0.3) is 0 Å². The highest BCUT2D eigenvalue weighted by molar-refractivity contribution is 5.82. The van der Waals surface area contributed by atoms with Crippen molar-refractivity contribution in [3.05, 3.63) is 41.6 Å². The molecule has 0 radical (unpaired) electrons. The van der Waals surface area contributed by atoms with Gasteiger partial charge in [-0.1, -0.05) is 18.2 Å². The minimum Gasteiger partial charge on any atom is -0.343 e. The molecule has 3 aliphatic heterocycles. The molecule has 0 bridgehead atoms. The van der Waals surface area contributed by atoms with Crippen LogP contribution >= 0.6 is 0 Å². The first-order valence-corrected chi connectivity index (χ1v) is 9.93. The maximum absolute atomic E-state index is 6.32. The van der Waals surface area contributed by atoms with Gasteiger partial charge in [-0.05, 0) is 52.3 Å². The van der Waals surface area contributed by atoms with Crippen LogP contribution in [0.3, 0.4) is 0 Å². The Hall–Kier alpha value is -1.57. The predicted octanol–water partition coefficient (Wildman–Crippen LogP) is 3.48. The molecule has 3 aliphatic rings. The van der Waals surface area contributed by atoms with Crippen molar-refractivity contribution in [1.29, 1.82) is 0 Å². The maximum Gasteiger partial charge on any atom is 0.190 e. The largest absolute Gasteiger partial charge is 0.343 e. The molecule has 0 unspecified atom stereocenters. The van der Waals surface area contributed by atoms with E-state index in [2.05, 4.69) is 19.1 Å². The molecule has 0 N–H and O–H groups in total. The standard InChI is InChI=1S/C22H27NO5/c1-12-10-13(23-15-9-7-6-8-14(12)15)11-16-17-18(26-21(2,3)25-17)19-20(24-16)28-22(4,5)27-19/h6-10,16-20H,11H2,1-5H3/t16-,17+,18+,19-,20-/m1/s1. The molecular formula is C22H27NO5. The molecule has 150 valence electrons. The Morgan fingerprint density at radius 2 is 1.57 bits per heavy atom. The molecule has 2 aromatic rings. The number of aromatic nitrogens is 1. The van der Waals surface area contributed by atoms with Crippen LogP contribution in [0.2, 0.25) is 0 Å². The first-order valence-electron chi connectivity index (χ1n) is 9.93. The van der Waals surface area contributed by atoms with Gasteiger partial charge in [0.2, 0.25) is 0 Å². The zero-order valence-corrected chi connectivity index (χ0v) is 17.0. The maximum atomic E-state index is 6.32. The molecule has 3 fully saturated rings. The first-order chi connectivity index (χ1) is 13.2. The zero-order valence-electron chi connectivity index (χ0n) is 17.0. The third kappa shape index (κ3) is 3.13. The number of benzene rings is 1. The minimum absolute atomic E-state index is 0.224. The van der Waals surface area contributed by atoms with E-state index in [0.29, 0.717) is 6.42 Å². The molecule has 0 amide bonds. The van der Waals surface area contributed by atoms with Gasteiger partial charge in [0.1, 0.15) is 18.3 Å². The van der Waals surface area contributed by atoms with Gasteiger partial charge in [-0.25, -0.2) is 0 Å². The van der Waals surface area contributed by atoms with Gasteiger partial charge >= 0.3 is 0 Å². The fraction of sp³-hybridized carbons (Fsp3) is 0.591. The van der Waals surface area contributed by atoms with Crippen molar-refractivity contribution in [3.8, 4) is 0 Å². The van der Waals surface area contributed by atoms with Crippen LogP contribution in [0.5, 0.6) is 0 Å². The van der Waals surface area contributed by atoms with Crippen molar-refractivity contribution in [3.63, 3.8) is 0 Å². The summed E-state index contributed by atoms with van der Waals surface area (Å²) < 4.78 is 30.8. The van der Waals surface area contributed by atoms with Crippen LogP contribution in [-0.4, -0.2) is 47.3 Å². The molecule has 6 nitrogen and oxygen atoms in total. The predicted molar refractivity (Wildman–Crippen MR) is 103 cm³/mol. The summed E-state index contributed by atoms with van der Waals surface area (Å²) in [7, 11) is 0. The van der Waals surface area contributed by atoms with Crippen LogP contribution in [0.25, 0.3) is 10.9 Å². The van der Waals surface area contributed by atoms with E-state index in [4.69, 9.17) is 28.7 Å². The zero-order chi connectivity index (χ0) is 19.7. The summed E-state index contributed by atoms with van der Waals surface area (Å²) in [6, 6.07) is 10.3. The summed E-state index contributed by atoms with van der Waals surface area (Å²) in [4.78, 5) is 4.85. The quantitative estimate of drug-likeness (QED) is 0.789. The molecule has 0 aliphatic carbocycles. The number of fused-ring (bicyclic) bond motifs is 4. The molecular weight excluding hydrogens is 358 g/mol. The van der Waals surface area contributed by atoms with Crippen molar-refractivity contribution < 1.29 is 23.7 Å². The van der Waals surface area contributed by atoms with Crippen LogP contribution in [0.15, 0.2) is 30.3 Å². The lowest BCUT2D eigenvalue weighted by molar-refractivity contribution is -0.233. The summed E-state index contributed by atoms with van der Waals surface area (Å²) in [6.45, 7) is 9.76. The monoisotopic (exact) mass is 385 g/mol. The number of aryl methyl sites for hydroxylation is 1. The lowest BCUT2D eigenvalue weighted by Gasteiger charge is -2.37. The molecule has 4 heterocycles. The second kappa shape index (κ2) is 6.21. The average molecular weight is 385 g/mol. The summed E-state index contributed by atoms with van der Waals surface area (Å²) in [5.74, 6) is -1.39. The third-order valence-corrected chi connectivity index (χ3v) is 5.64. The fourth-order valence-electron chi connectivity index (χ4n) is 4.59. The van der Waals surface area contributed by atoms with Gasteiger partial charge in [-0.2, -0.15) is 0 Å². The number of nitrogens with zero attached hydrogens (tertiary/aromatic N) is 1. The van der Waals surface area contributed by atoms with E-state index >= 15 is 0 Å². The Morgan fingerprint density at radius 3 is 2.39 bits per heavy atom. The van der Waals surface area contributed by atoms with Gasteiger partial charge in [0.05, 0.1) is 11.6 Å². The molecule has 5 atom stereocenters. The summed E-state index contributed by atoms with van der Waals surface area (Å²) >= 11 is 0. The van der Waals surface area contributed by atoms with Crippen molar-refractivity contribution in [1.82, 2.24) is 4.98 Å². The SMILES string of the molecule is Cc1cc(C[C@H]2O[C@@H]3OC(C)(C)O[C@@H]3[C@H]3OC(C)(C)O[C@H]32)nc2ccccc12. The molecule has 0 saturated carbocycles. The second-order valence-electron chi connectivity index (χ2n) is 8.86. The van der Waals surface area contributed by atoms with Crippen LogP contribution < -0.4 is 0 Å². The second-order valence-corrected chi connectivity index (χ2v) is 8.86. The van der Waals surface area contributed by atoms with E-state index in [9.17, 15) is 0 Å². The summed E-state index contributed by atoms with van der Waals surface area (Å²) in [5, 5.41) is 1.17. The molecule has 6 heteroatoms. The van der Waals surface area contributed by atoms with Crippen LogP contribution in [0, 0.1) is 6.92 Å². The van der Waals surface area contributed by atoms with Gasteiger partial charge in [0, 0.05) is 17.5 Å². The molecule has 5 rings (SSSR count). The average Bonchev–Trinajstić information content (AvgIpc) is 3.09. The van der Waals surface area contributed by atoms with E-state index in [0.717, 1.165) is 11.2 Å². The number of pyridine rings is 1. The van der Waals surface area contributed by atoms with Crippen LogP contribution in [-0.2, 0) is 30.1 Å². The summed E-state index contributed by atoms with van der Waals surface area (Å²) in [6.07, 6.45) is -0.841. The number of ether oxygens (including phenoxy) is 5. The Kier molecular flexibility index (Phi) is 4.09. The van der Waals surface area contributed by atoms with E-state index in [1.165, 1.54) is 10.9 Å². The molecule has 0 spiro atoms. The van der Waals surface area contributed by atoms with Crippen molar-refractivity contribution in [2.75, 3.05) is 0 Å². The summed E-state index contributed by atoms with van der Waals surface area (Å²) in [5.41, 5.74) is 3.18. The molecule has 28 heavy (non-hydrogen) atoms. The highest BCUT2D eigenvalue weighted by Gasteiger charge is 2.60. The topological polar surface area (TPSA) is 59.0 Å². The van der Waals surface area contributed by atoms with Crippen molar-refractivity contribution in [2.45, 2.75) is 83.3 Å². The first kappa shape index (κ1) is 18.5. The highest BCUT2D eigenvalue weighted by Crippen LogP contribution is 2.44. The normalized spacial score (nSPS) is 35.7. The Bertz CT molecular complexity index is 911. The van der Waals surface area contributed by atoms with Crippen molar-refractivity contribution >= 4 is 10.9 Å². The van der Waals surface area contributed by atoms with E-state index < -0.39 is 17.9 Å². The number of hydrogen-bond donors (Lipinski definition) is 0. The number of rotatable bonds is 2. The Labute approximate surface area is 165 Å². The van der Waals surface area contributed by atoms with Gasteiger partial charge < -0.3 is 23.7 Å². The van der Waals surface area contributed by atoms with Gasteiger partial charge in [-0.3, -0.25) is 4.98 Å². The fourth-order valence-corrected chi connectivity index (χ4v) is 4.59. The highest BCUT2D eigenvalue weighted by atomic mass is 16.9. The Morgan fingerprint density at radius 1 is 0.893 bits per heavy atom. The van der Waals surface area contributed by atoms with Gasteiger partial charge in [-0.15, -0.1) is 0 Å².